The quantitative estimate of drug-likeness (QED) is 0.699. The summed E-state index contributed by atoms with van der Waals surface area (Å²) in [5.41, 5.74) is 0.241. The Labute approximate surface area is 148 Å². The molecule has 0 atom stereocenters. The molecule has 0 aliphatic rings. The van der Waals surface area contributed by atoms with Crippen molar-refractivity contribution in [3.8, 4) is 10.6 Å². The summed E-state index contributed by atoms with van der Waals surface area (Å²) >= 11 is 1.23. The van der Waals surface area contributed by atoms with Gasteiger partial charge in [0.25, 0.3) is 0 Å². The number of rotatable bonds is 8. The molecule has 2 aromatic rings. The van der Waals surface area contributed by atoms with Gasteiger partial charge in [-0.05, 0) is 25.1 Å². The van der Waals surface area contributed by atoms with Crippen LogP contribution in [0.3, 0.4) is 0 Å². The molecule has 1 heterocycles. The lowest BCUT2D eigenvalue weighted by Crippen LogP contribution is -2.33. The van der Waals surface area contributed by atoms with Crippen LogP contribution in [-0.2, 0) is 17.4 Å². The topological polar surface area (TPSA) is 54.0 Å². The first-order chi connectivity index (χ1) is 11.9. The van der Waals surface area contributed by atoms with Gasteiger partial charge in [-0.1, -0.05) is 19.1 Å². The van der Waals surface area contributed by atoms with E-state index in [2.05, 4.69) is 22.5 Å². The maximum Gasteiger partial charge on any atom is 0.416 e. The van der Waals surface area contributed by atoms with E-state index in [1.54, 1.807) is 11.4 Å². The zero-order chi connectivity index (χ0) is 18.3. The molecule has 1 aromatic heterocycles. The van der Waals surface area contributed by atoms with Crippen LogP contribution < -0.4 is 10.6 Å². The Balaban J connectivity index is 1.93. The Morgan fingerprint density at radius 2 is 2.04 bits per heavy atom. The zero-order valence-electron chi connectivity index (χ0n) is 13.8. The summed E-state index contributed by atoms with van der Waals surface area (Å²) < 4.78 is 38.3. The third-order valence-electron chi connectivity index (χ3n) is 3.38. The number of halogens is 3. The van der Waals surface area contributed by atoms with Crippen molar-refractivity contribution in [1.82, 2.24) is 15.6 Å². The minimum atomic E-state index is -4.39. The van der Waals surface area contributed by atoms with Gasteiger partial charge in [0.1, 0.15) is 5.01 Å². The zero-order valence-corrected chi connectivity index (χ0v) is 14.6. The first kappa shape index (κ1) is 19.4. The van der Waals surface area contributed by atoms with E-state index >= 15 is 0 Å². The molecule has 0 spiro atoms. The van der Waals surface area contributed by atoms with Crippen molar-refractivity contribution >= 4 is 17.2 Å². The first-order valence-electron chi connectivity index (χ1n) is 7.99. The van der Waals surface area contributed by atoms with E-state index in [0.717, 1.165) is 25.1 Å². The maximum absolute atomic E-state index is 12.8. The van der Waals surface area contributed by atoms with E-state index in [9.17, 15) is 18.0 Å². The number of thiazole rings is 1. The molecule has 0 unspecified atom stereocenters. The standard InChI is InChI=1S/C17H20F3N3OS/c1-2-6-21-7-8-22-15(24)10-14-11-25-16(23-14)12-4-3-5-13(9-12)17(18,19)20/h3-5,9,11,21H,2,6-8,10H2,1H3,(H,22,24). The molecule has 0 aliphatic carbocycles. The van der Waals surface area contributed by atoms with Crippen molar-refractivity contribution in [3.05, 3.63) is 40.9 Å². The molecule has 1 amide bonds. The van der Waals surface area contributed by atoms with Crippen LogP contribution in [0.2, 0.25) is 0 Å². The number of alkyl halides is 3. The van der Waals surface area contributed by atoms with Crippen LogP contribution in [0.15, 0.2) is 29.6 Å². The van der Waals surface area contributed by atoms with Crippen LogP contribution in [0.5, 0.6) is 0 Å². The van der Waals surface area contributed by atoms with E-state index in [1.165, 1.54) is 17.4 Å². The molecule has 1 aromatic carbocycles. The highest BCUT2D eigenvalue weighted by atomic mass is 32.1. The van der Waals surface area contributed by atoms with Gasteiger partial charge < -0.3 is 10.6 Å². The van der Waals surface area contributed by atoms with Crippen molar-refractivity contribution in [2.75, 3.05) is 19.6 Å². The average Bonchev–Trinajstić information content (AvgIpc) is 3.02. The lowest BCUT2D eigenvalue weighted by Gasteiger charge is -2.07. The number of amides is 1. The van der Waals surface area contributed by atoms with E-state index in [1.807, 2.05) is 0 Å². The molecule has 0 fully saturated rings. The fourth-order valence-corrected chi connectivity index (χ4v) is 2.99. The highest BCUT2D eigenvalue weighted by Crippen LogP contribution is 2.33. The Morgan fingerprint density at radius 1 is 1.24 bits per heavy atom. The van der Waals surface area contributed by atoms with Crippen LogP contribution in [0.25, 0.3) is 10.6 Å². The normalized spacial score (nSPS) is 11.5. The molecule has 0 aliphatic heterocycles. The number of hydrogen-bond donors (Lipinski definition) is 2. The molecular formula is C17H20F3N3OS. The molecule has 2 rings (SSSR count). The summed E-state index contributed by atoms with van der Waals surface area (Å²) in [6, 6.07) is 5.03. The molecule has 136 valence electrons. The predicted octanol–water partition coefficient (Wildman–Crippen LogP) is 3.49. The van der Waals surface area contributed by atoms with Crippen molar-refractivity contribution in [1.29, 1.82) is 0 Å². The van der Waals surface area contributed by atoms with Gasteiger partial charge in [0.05, 0.1) is 17.7 Å². The van der Waals surface area contributed by atoms with Gasteiger partial charge in [0, 0.05) is 24.0 Å². The van der Waals surface area contributed by atoms with Gasteiger partial charge >= 0.3 is 6.18 Å². The third kappa shape index (κ3) is 6.13. The van der Waals surface area contributed by atoms with Gasteiger partial charge in [-0.2, -0.15) is 13.2 Å². The average molecular weight is 371 g/mol. The molecule has 4 nitrogen and oxygen atoms in total. The molecule has 25 heavy (non-hydrogen) atoms. The Bertz CT molecular complexity index is 700. The van der Waals surface area contributed by atoms with E-state index in [0.29, 0.717) is 29.4 Å². The second-order valence-electron chi connectivity index (χ2n) is 5.50. The number of benzene rings is 1. The van der Waals surface area contributed by atoms with E-state index in [4.69, 9.17) is 0 Å². The maximum atomic E-state index is 12.8. The fourth-order valence-electron chi connectivity index (χ4n) is 2.17. The fraction of sp³-hybridized carbons (Fsp3) is 0.412. The van der Waals surface area contributed by atoms with Crippen LogP contribution in [0.1, 0.15) is 24.6 Å². The van der Waals surface area contributed by atoms with Crippen LogP contribution >= 0.6 is 11.3 Å². The summed E-state index contributed by atoms with van der Waals surface area (Å²) in [6.07, 6.45) is -3.24. The minimum Gasteiger partial charge on any atom is -0.354 e. The van der Waals surface area contributed by atoms with Gasteiger partial charge in [0.2, 0.25) is 5.91 Å². The number of aromatic nitrogens is 1. The second-order valence-corrected chi connectivity index (χ2v) is 6.36. The number of nitrogens with one attached hydrogen (secondary N) is 2. The molecule has 0 bridgehead atoms. The third-order valence-corrected chi connectivity index (χ3v) is 4.32. The monoisotopic (exact) mass is 371 g/mol. The molecule has 0 radical (unpaired) electrons. The summed E-state index contributed by atoms with van der Waals surface area (Å²) in [4.78, 5) is 16.1. The first-order valence-corrected chi connectivity index (χ1v) is 8.87. The highest BCUT2D eigenvalue weighted by Gasteiger charge is 2.30. The van der Waals surface area contributed by atoms with Gasteiger partial charge in [0.15, 0.2) is 0 Å². The molecule has 0 saturated carbocycles. The largest absolute Gasteiger partial charge is 0.416 e. The summed E-state index contributed by atoms with van der Waals surface area (Å²) in [5.74, 6) is -0.154. The lowest BCUT2D eigenvalue weighted by molar-refractivity contribution is -0.137. The smallest absolute Gasteiger partial charge is 0.354 e. The molecule has 2 N–H and O–H groups in total. The Kier molecular flexibility index (Phi) is 6.95. The van der Waals surface area contributed by atoms with Gasteiger partial charge in [-0.15, -0.1) is 11.3 Å². The second kappa shape index (κ2) is 8.96. The number of hydrogen-bond acceptors (Lipinski definition) is 4. The summed E-state index contributed by atoms with van der Waals surface area (Å²) in [5, 5.41) is 8.13. The number of carbonyl (C=O) groups is 1. The van der Waals surface area contributed by atoms with Crippen molar-refractivity contribution in [3.63, 3.8) is 0 Å². The van der Waals surface area contributed by atoms with Crippen LogP contribution in [0.4, 0.5) is 13.2 Å². The highest BCUT2D eigenvalue weighted by molar-refractivity contribution is 7.13. The van der Waals surface area contributed by atoms with E-state index < -0.39 is 11.7 Å². The summed E-state index contributed by atoms with van der Waals surface area (Å²) in [6.45, 7) is 4.20. The van der Waals surface area contributed by atoms with Crippen molar-refractivity contribution in [2.45, 2.75) is 25.9 Å². The van der Waals surface area contributed by atoms with Gasteiger partial charge in [-0.3, -0.25) is 4.79 Å². The minimum absolute atomic E-state index is 0.114. The predicted molar refractivity (Wildman–Crippen MR) is 92.4 cm³/mol. The lowest BCUT2D eigenvalue weighted by atomic mass is 10.1. The SMILES string of the molecule is CCCNCCNC(=O)Cc1csc(-c2cccc(C(F)(F)F)c2)n1. The Morgan fingerprint density at radius 3 is 2.76 bits per heavy atom. The number of carbonyl (C=O) groups excluding carboxylic acids is 1. The van der Waals surface area contributed by atoms with Crippen LogP contribution in [-0.4, -0.2) is 30.5 Å². The molecule has 8 heteroatoms. The molecular weight excluding hydrogens is 351 g/mol. The van der Waals surface area contributed by atoms with Crippen molar-refractivity contribution < 1.29 is 18.0 Å². The van der Waals surface area contributed by atoms with Gasteiger partial charge in [-0.25, -0.2) is 4.98 Å². The summed E-state index contributed by atoms with van der Waals surface area (Å²) in [7, 11) is 0. The molecule has 0 saturated heterocycles. The van der Waals surface area contributed by atoms with E-state index in [-0.39, 0.29) is 12.3 Å². The number of nitrogens with zero attached hydrogens (tertiary/aromatic N) is 1. The van der Waals surface area contributed by atoms with Crippen LogP contribution in [0, 0.1) is 0 Å². The Hall–Kier alpha value is -1.93. The van der Waals surface area contributed by atoms with Crippen molar-refractivity contribution in [2.24, 2.45) is 0 Å².